The monoisotopic (exact) mass is 396 g/mol. The van der Waals surface area contributed by atoms with Crippen molar-refractivity contribution in [1.29, 1.82) is 0 Å². The average Bonchev–Trinajstić information content (AvgIpc) is 2.72. The van der Waals surface area contributed by atoms with Crippen molar-refractivity contribution in [3.63, 3.8) is 0 Å². The normalized spacial score (nSPS) is 21.3. The van der Waals surface area contributed by atoms with E-state index in [-0.39, 0.29) is 18.5 Å². The SMILES string of the molecule is COc1ccc(OC)c2c1CN(CC(=O)N1c3ccccc3CC[C@@H]1C)C[C@@H]2O. The lowest BCUT2D eigenvalue weighted by atomic mass is 9.94. The number of nitrogens with zero attached hydrogens (tertiary/aromatic N) is 2. The molecule has 0 spiro atoms. The number of carbonyl (C=O) groups is 1. The smallest absolute Gasteiger partial charge is 0.241 e. The van der Waals surface area contributed by atoms with E-state index in [4.69, 9.17) is 9.47 Å². The molecule has 6 nitrogen and oxygen atoms in total. The van der Waals surface area contributed by atoms with Crippen LogP contribution in [0.1, 0.15) is 36.1 Å². The van der Waals surface area contributed by atoms with Crippen molar-refractivity contribution >= 4 is 11.6 Å². The molecule has 2 aliphatic heterocycles. The number of carbonyl (C=O) groups excluding carboxylic acids is 1. The molecule has 2 aromatic rings. The summed E-state index contributed by atoms with van der Waals surface area (Å²) in [5.74, 6) is 1.41. The molecular weight excluding hydrogens is 368 g/mol. The van der Waals surface area contributed by atoms with Gasteiger partial charge in [0, 0.05) is 35.9 Å². The molecule has 2 aliphatic rings. The number of benzene rings is 2. The number of hydrogen-bond donors (Lipinski definition) is 1. The van der Waals surface area contributed by atoms with Gasteiger partial charge in [0.25, 0.3) is 0 Å². The fourth-order valence-electron chi connectivity index (χ4n) is 4.60. The first-order valence-electron chi connectivity index (χ1n) is 10.1. The minimum absolute atomic E-state index is 0.0576. The van der Waals surface area contributed by atoms with Gasteiger partial charge in [0.1, 0.15) is 11.5 Å². The predicted octanol–water partition coefficient (Wildman–Crippen LogP) is 2.92. The number of fused-ring (bicyclic) bond motifs is 2. The van der Waals surface area contributed by atoms with Gasteiger partial charge in [0.2, 0.25) is 5.91 Å². The molecule has 0 unspecified atom stereocenters. The van der Waals surface area contributed by atoms with Gasteiger partial charge in [-0.2, -0.15) is 0 Å². The summed E-state index contributed by atoms with van der Waals surface area (Å²) in [5.41, 5.74) is 3.86. The zero-order chi connectivity index (χ0) is 20.5. The van der Waals surface area contributed by atoms with Crippen LogP contribution in [-0.2, 0) is 17.8 Å². The van der Waals surface area contributed by atoms with Crippen LogP contribution in [0.2, 0.25) is 0 Å². The second-order valence-electron chi connectivity index (χ2n) is 7.83. The number of aliphatic hydroxyl groups excluding tert-OH is 1. The Hall–Kier alpha value is -2.57. The van der Waals surface area contributed by atoms with E-state index in [0.717, 1.165) is 29.7 Å². The lowest BCUT2D eigenvalue weighted by molar-refractivity contribution is -0.120. The third-order valence-corrected chi connectivity index (χ3v) is 6.01. The van der Waals surface area contributed by atoms with Gasteiger partial charge in [-0.15, -0.1) is 0 Å². The van der Waals surface area contributed by atoms with Crippen LogP contribution in [0, 0.1) is 0 Å². The van der Waals surface area contributed by atoms with E-state index in [0.29, 0.717) is 24.6 Å². The second-order valence-corrected chi connectivity index (χ2v) is 7.83. The number of hydrogen-bond acceptors (Lipinski definition) is 5. The summed E-state index contributed by atoms with van der Waals surface area (Å²) >= 11 is 0. The van der Waals surface area contributed by atoms with E-state index < -0.39 is 6.10 Å². The van der Waals surface area contributed by atoms with Crippen molar-refractivity contribution in [2.45, 2.75) is 38.5 Å². The lowest BCUT2D eigenvalue weighted by Gasteiger charge is -2.38. The number of ether oxygens (including phenoxy) is 2. The largest absolute Gasteiger partial charge is 0.496 e. The number of para-hydroxylation sites is 1. The van der Waals surface area contributed by atoms with Gasteiger partial charge in [-0.3, -0.25) is 9.69 Å². The standard InChI is InChI=1S/C23H28N2O4/c1-15-8-9-16-6-4-5-7-18(16)25(15)22(27)14-24-12-17-20(28-2)10-11-21(29-3)23(17)19(26)13-24/h4-7,10-11,15,19,26H,8-9,12-14H2,1-3H3/t15-,19-/m0/s1. The van der Waals surface area contributed by atoms with Crippen molar-refractivity contribution in [2.24, 2.45) is 0 Å². The van der Waals surface area contributed by atoms with E-state index in [1.807, 2.05) is 40.1 Å². The third-order valence-electron chi connectivity index (χ3n) is 6.01. The van der Waals surface area contributed by atoms with E-state index >= 15 is 0 Å². The Balaban J connectivity index is 1.58. The molecular formula is C23H28N2O4. The molecule has 0 fully saturated rings. The maximum Gasteiger partial charge on any atom is 0.241 e. The Labute approximate surface area is 171 Å². The molecule has 4 rings (SSSR count). The summed E-state index contributed by atoms with van der Waals surface area (Å²) < 4.78 is 10.9. The first-order chi connectivity index (χ1) is 14.0. The molecule has 2 heterocycles. The van der Waals surface area contributed by atoms with Gasteiger partial charge in [-0.05, 0) is 43.5 Å². The highest BCUT2D eigenvalue weighted by atomic mass is 16.5. The lowest BCUT2D eigenvalue weighted by Crippen LogP contribution is -2.48. The molecule has 2 atom stereocenters. The first-order valence-corrected chi connectivity index (χ1v) is 10.1. The van der Waals surface area contributed by atoms with Crippen LogP contribution in [0.4, 0.5) is 5.69 Å². The Morgan fingerprint density at radius 2 is 1.86 bits per heavy atom. The topological polar surface area (TPSA) is 62.2 Å². The predicted molar refractivity (Wildman–Crippen MR) is 111 cm³/mol. The minimum atomic E-state index is -0.734. The third kappa shape index (κ3) is 3.58. The Kier molecular flexibility index (Phi) is 5.48. The van der Waals surface area contributed by atoms with Gasteiger partial charge in [-0.25, -0.2) is 0 Å². The van der Waals surface area contributed by atoms with E-state index in [1.165, 1.54) is 5.56 Å². The van der Waals surface area contributed by atoms with Crippen molar-refractivity contribution in [2.75, 3.05) is 32.2 Å². The van der Waals surface area contributed by atoms with Crippen LogP contribution in [0.3, 0.4) is 0 Å². The highest BCUT2D eigenvalue weighted by Gasteiger charge is 2.33. The van der Waals surface area contributed by atoms with Crippen LogP contribution in [0.25, 0.3) is 0 Å². The number of β-amino-alcohol motifs (C(OH)–C–C–N with tert-alkyl or cyclic N) is 1. The number of methoxy groups -OCH3 is 2. The molecule has 0 aromatic heterocycles. The molecule has 0 saturated heterocycles. The number of anilines is 1. The molecule has 1 N–H and O–H groups in total. The number of amides is 1. The summed E-state index contributed by atoms with van der Waals surface area (Å²) in [5, 5.41) is 10.8. The summed E-state index contributed by atoms with van der Waals surface area (Å²) in [7, 11) is 3.21. The van der Waals surface area contributed by atoms with Crippen LogP contribution < -0.4 is 14.4 Å². The van der Waals surface area contributed by atoms with Crippen LogP contribution in [0.15, 0.2) is 36.4 Å². The number of rotatable bonds is 4. The van der Waals surface area contributed by atoms with Crippen LogP contribution in [0.5, 0.6) is 11.5 Å². The Bertz CT molecular complexity index is 914. The molecule has 1 amide bonds. The van der Waals surface area contributed by atoms with Crippen LogP contribution >= 0.6 is 0 Å². The number of aryl methyl sites for hydroxylation is 1. The van der Waals surface area contributed by atoms with Gasteiger partial charge in [-0.1, -0.05) is 18.2 Å². The molecule has 2 aromatic carbocycles. The molecule has 29 heavy (non-hydrogen) atoms. The van der Waals surface area contributed by atoms with Gasteiger partial charge in [0.15, 0.2) is 0 Å². The summed E-state index contributed by atoms with van der Waals surface area (Å²) in [6.07, 6.45) is 1.22. The highest BCUT2D eigenvalue weighted by molar-refractivity contribution is 5.96. The van der Waals surface area contributed by atoms with E-state index in [9.17, 15) is 9.90 Å². The fraction of sp³-hybridized carbons (Fsp3) is 0.435. The van der Waals surface area contributed by atoms with E-state index in [2.05, 4.69) is 13.0 Å². The average molecular weight is 396 g/mol. The maximum absolute atomic E-state index is 13.3. The summed E-state index contributed by atoms with van der Waals surface area (Å²) in [4.78, 5) is 17.2. The zero-order valence-corrected chi connectivity index (χ0v) is 17.2. The first kappa shape index (κ1) is 19.7. The fourth-order valence-corrected chi connectivity index (χ4v) is 4.60. The van der Waals surface area contributed by atoms with E-state index in [1.54, 1.807) is 14.2 Å². The molecule has 0 aliphatic carbocycles. The molecule has 0 bridgehead atoms. The maximum atomic E-state index is 13.3. The zero-order valence-electron chi connectivity index (χ0n) is 17.2. The second kappa shape index (κ2) is 8.05. The Morgan fingerprint density at radius 3 is 2.62 bits per heavy atom. The molecule has 0 radical (unpaired) electrons. The highest BCUT2D eigenvalue weighted by Crippen LogP contribution is 2.39. The van der Waals surface area contributed by atoms with Crippen LogP contribution in [-0.4, -0.2) is 49.3 Å². The van der Waals surface area contributed by atoms with Gasteiger partial charge >= 0.3 is 0 Å². The molecule has 0 saturated carbocycles. The van der Waals surface area contributed by atoms with Crippen molar-refractivity contribution in [3.05, 3.63) is 53.1 Å². The molecule has 6 heteroatoms. The Morgan fingerprint density at radius 1 is 1.14 bits per heavy atom. The van der Waals surface area contributed by atoms with Crippen molar-refractivity contribution in [3.8, 4) is 11.5 Å². The number of aliphatic hydroxyl groups is 1. The summed E-state index contributed by atoms with van der Waals surface area (Å²) in [6, 6.07) is 11.9. The minimum Gasteiger partial charge on any atom is -0.496 e. The van der Waals surface area contributed by atoms with Gasteiger partial charge in [0.05, 0.1) is 26.9 Å². The summed E-state index contributed by atoms with van der Waals surface area (Å²) in [6.45, 7) is 3.26. The quantitative estimate of drug-likeness (QED) is 0.861. The van der Waals surface area contributed by atoms with Gasteiger partial charge < -0.3 is 19.5 Å². The van der Waals surface area contributed by atoms with Crippen molar-refractivity contribution in [1.82, 2.24) is 4.90 Å². The van der Waals surface area contributed by atoms with Crippen molar-refractivity contribution < 1.29 is 19.4 Å². The molecule has 154 valence electrons.